The lowest BCUT2D eigenvalue weighted by Crippen LogP contribution is -2.10. The van der Waals surface area contributed by atoms with Crippen molar-refractivity contribution in [2.24, 2.45) is 5.73 Å². The Kier molecular flexibility index (Phi) is 4.18. The van der Waals surface area contributed by atoms with E-state index in [0.29, 0.717) is 0 Å². The maximum absolute atomic E-state index is 5.93. The van der Waals surface area contributed by atoms with Crippen molar-refractivity contribution in [2.45, 2.75) is 29.2 Å². The van der Waals surface area contributed by atoms with Gasteiger partial charge in [-0.2, -0.15) is 0 Å². The molecule has 0 bridgehead atoms. The van der Waals surface area contributed by atoms with Gasteiger partial charge in [-0.25, -0.2) is 0 Å². The van der Waals surface area contributed by atoms with Gasteiger partial charge in [-0.15, -0.1) is 0 Å². The number of pyridine rings is 1. The molecule has 2 nitrogen and oxygen atoms in total. The Balaban J connectivity index is 2.08. The first-order chi connectivity index (χ1) is 8.29. The third-order valence-electron chi connectivity index (χ3n) is 2.56. The summed E-state index contributed by atoms with van der Waals surface area (Å²) < 4.78 is 0. The average molecular weight is 244 g/mol. The molecule has 1 atom stereocenters. The summed E-state index contributed by atoms with van der Waals surface area (Å²) in [7, 11) is 0. The van der Waals surface area contributed by atoms with Gasteiger partial charge in [-0.3, -0.25) is 4.98 Å². The lowest BCUT2D eigenvalue weighted by molar-refractivity contribution is 0.674. The summed E-state index contributed by atoms with van der Waals surface area (Å²) in [6.45, 7) is 2.07. The smallest absolute Gasteiger partial charge is 0.0571 e. The summed E-state index contributed by atoms with van der Waals surface area (Å²) in [5.41, 5.74) is 6.89. The number of aromatic nitrogens is 1. The minimum atomic E-state index is 0.0470. The van der Waals surface area contributed by atoms with Crippen molar-refractivity contribution in [3.63, 3.8) is 0 Å². The van der Waals surface area contributed by atoms with Crippen LogP contribution in [-0.4, -0.2) is 4.98 Å². The van der Waals surface area contributed by atoms with E-state index in [9.17, 15) is 0 Å². The molecule has 1 heterocycles. The van der Waals surface area contributed by atoms with E-state index in [0.717, 1.165) is 17.0 Å². The van der Waals surface area contributed by atoms with Crippen molar-refractivity contribution in [2.75, 3.05) is 0 Å². The predicted molar refractivity (Wildman–Crippen MR) is 72.0 cm³/mol. The van der Waals surface area contributed by atoms with Crippen LogP contribution in [0.3, 0.4) is 0 Å². The fourth-order valence-electron chi connectivity index (χ4n) is 1.51. The second kappa shape index (κ2) is 5.84. The summed E-state index contributed by atoms with van der Waals surface area (Å²) in [6.07, 6.45) is 2.81. The van der Waals surface area contributed by atoms with E-state index in [1.165, 1.54) is 4.90 Å². The minimum absolute atomic E-state index is 0.0470. The molecule has 3 heteroatoms. The van der Waals surface area contributed by atoms with E-state index >= 15 is 0 Å². The first-order valence-corrected chi connectivity index (χ1v) is 6.55. The van der Waals surface area contributed by atoms with E-state index in [-0.39, 0.29) is 6.04 Å². The first kappa shape index (κ1) is 12.1. The maximum atomic E-state index is 5.93. The SMILES string of the molecule is CC[C@@H](N)c1ccc(Sc2ccccc2)cn1. The summed E-state index contributed by atoms with van der Waals surface area (Å²) in [5.74, 6) is 0. The number of benzene rings is 1. The molecule has 0 unspecified atom stereocenters. The number of hydrogen-bond acceptors (Lipinski definition) is 3. The van der Waals surface area contributed by atoms with E-state index in [2.05, 4.69) is 30.1 Å². The molecular formula is C14H16N2S. The van der Waals surface area contributed by atoms with Crippen LogP contribution in [0.25, 0.3) is 0 Å². The van der Waals surface area contributed by atoms with E-state index in [1.54, 1.807) is 11.8 Å². The number of hydrogen-bond donors (Lipinski definition) is 1. The third-order valence-corrected chi connectivity index (χ3v) is 3.54. The summed E-state index contributed by atoms with van der Waals surface area (Å²) in [4.78, 5) is 6.77. The highest BCUT2D eigenvalue weighted by molar-refractivity contribution is 7.99. The van der Waals surface area contributed by atoms with Crippen molar-refractivity contribution in [3.05, 3.63) is 54.4 Å². The Hall–Kier alpha value is -1.32. The van der Waals surface area contributed by atoms with Gasteiger partial charge in [0.15, 0.2) is 0 Å². The highest BCUT2D eigenvalue weighted by atomic mass is 32.2. The second-order valence-electron chi connectivity index (χ2n) is 3.85. The van der Waals surface area contributed by atoms with Crippen LogP contribution in [0.5, 0.6) is 0 Å². The number of nitrogens with zero attached hydrogens (tertiary/aromatic N) is 1. The van der Waals surface area contributed by atoms with Gasteiger partial charge >= 0.3 is 0 Å². The molecule has 2 aromatic rings. The van der Waals surface area contributed by atoms with Crippen molar-refractivity contribution >= 4 is 11.8 Å². The molecule has 17 heavy (non-hydrogen) atoms. The van der Waals surface area contributed by atoms with Gasteiger partial charge in [0.25, 0.3) is 0 Å². The molecule has 0 radical (unpaired) electrons. The average Bonchev–Trinajstić information content (AvgIpc) is 2.40. The van der Waals surface area contributed by atoms with Gasteiger partial charge in [-0.1, -0.05) is 36.9 Å². The molecule has 0 aliphatic heterocycles. The highest BCUT2D eigenvalue weighted by Gasteiger charge is 2.04. The predicted octanol–water partition coefficient (Wildman–Crippen LogP) is 3.64. The molecule has 0 aliphatic rings. The molecule has 88 valence electrons. The standard InChI is InChI=1S/C14H16N2S/c1-2-13(15)14-9-8-12(10-16-14)17-11-6-4-3-5-7-11/h3-10,13H,2,15H2,1H3/t13-/m1/s1. The Morgan fingerprint density at radius 2 is 1.88 bits per heavy atom. The molecule has 1 aromatic heterocycles. The molecule has 0 fully saturated rings. The van der Waals surface area contributed by atoms with E-state index in [1.807, 2.05) is 30.5 Å². The molecule has 0 saturated heterocycles. The molecule has 0 aliphatic carbocycles. The van der Waals surface area contributed by atoms with Crippen LogP contribution in [0.15, 0.2) is 58.5 Å². The number of nitrogens with two attached hydrogens (primary N) is 1. The Morgan fingerprint density at radius 3 is 2.47 bits per heavy atom. The van der Waals surface area contributed by atoms with Crippen LogP contribution in [0.4, 0.5) is 0 Å². The van der Waals surface area contributed by atoms with E-state index in [4.69, 9.17) is 5.73 Å². The third kappa shape index (κ3) is 3.32. The van der Waals surface area contributed by atoms with Crippen LogP contribution in [0.1, 0.15) is 25.1 Å². The zero-order chi connectivity index (χ0) is 12.1. The van der Waals surface area contributed by atoms with Crippen molar-refractivity contribution < 1.29 is 0 Å². The molecule has 0 spiro atoms. The van der Waals surface area contributed by atoms with Gasteiger partial charge in [0, 0.05) is 22.0 Å². The normalized spacial score (nSPS) is 12.4. The zero-order valence-electron chi connectivity index (χ0n) is 9.84. The molecule has 2 N–H and O–H groups in total. The van der Waals surface area contributed by atoms with Crippen LogP contribution >= 0.6 is 11.8 Å². The van der Waals surface area contributed by atoms with Crippen LogP contribution in [-0.2, 0) is 0 Å². The Bertz CT molecular complexity index is 453. The lowest BCUT2D eigenvalue weighted by Gasteiger charge is -2.08. The van der Waals surface area contributed by atoms with Crippen LogP contribution in [0.2, 0.25) is 0 Å². The van der Waals surface area contributed by atoms with Gasteiger partial charge in [0.1, 0.15) is 0 Å². The zero-order valence-corrected chi connectivity index (χ0v) is 10.7. The second-order valence-corrected chi connectivity index (χ2v) is 5.00. The number of rotatable bonds is 4. The monoisotopic (exact) mass is 244 g/mol. The Labute approximate surface area is 106 Å². The van der Waals surface area contributed by atoms with E-state index < -0.39 is 0 Å². The first-order valence-electron chi connectivity index (χ1n) is 5.74. The van der Waals surface area contributed by atoms with Gasteiger partial charge < -0.3 is 5.73 Å². The van der Waals surface area contributed by atoms with Crippen LogP contribution in [0, 0.1) is 0 Å². The van der Waals surface area contributed by atoms with Gasteiger partial charge in [0.2, 0.25) is 0 Å². The van der Waals surface area contributed by atoms with Crippen molar-refractivity contribution in [1.29, 1.82) is 0 Å². The largest absolute Gasteiger partial charge is 0.323 e. The molecule has 0 saturated carbocycles. The molecule has 1 aromatic carbocycles. The Morgan fingerprint density at radius 1 is 1.12 bits per heavy atom. The topological polar surface area (TPSA) is 38.9 Å². The maximum Gasteiger partial charge on any atom is 0.0571 e. The quantitative estimate of drug-likeness (QED) is 0.892. The van der Waals surface area contributed by atoms with Gasteiger partial charge in [0.05, 0.1) is 5.69 Å². The highest BCUT2D eigenvalue weighted by Crippen LogP contribution is 2.27. The van der Waals surface area contributed by atoms with Gasteiger partial charge in [-0.05, 0) is 30.7 Å². The molecular weight excluding hydrogens is 228 g/mol. The summed E-state index contributed by atoms with van der Waals surface area (Å²) >= 11 is 1.71. The summed E-state index contributed by atoms with van der Waals surface area (Å²) in [5, 5.41) is 0. The summed E-state index contributed by atoms with van der Waals surface area (Å²) in [6, 6.07) is 14.4. The minimum Gasteiger partial charge on any atom is -0.323 e. The fourth-order valence-corrected chi connectivity index (χ4v) is 2.31. The lowest BCUT2D eigenvalue weighted by atomic mass is 10.1. The van der Waals surface area contributed by atoms with Crippen molar-refractivity contribution in [3.8, 4) is 0 Å². The molecule has 2 rings (SSSR count). The molecule has 0 amide bonds. The van der Waals surface area contributed by atoms with Crippen LogP contribution < -0.4 is 5.73 Å². The fraction of sp³-hybridized carbons (Fsp3) is 0.214. The van der Waals surface area contributed by atoms with Crippen molar-refractivity contribution in [1.82, 2.24) is 4.98 Å².